The van der Waals surface area contributed by atoms with Crippen molar-refractivity contribution in [1.82, 2.24) is 10.2 Å². The minimum atomic E-state index is -0.545. The highest BCUT2D eigenvalue weighted by atomic mass is 16.2. The lowest BCUT2D eigenvalue weighted by molar-refractivity contribution is 0.0995. The van der Waals surface area contributed by atoms with Crippen LogP contribution in [0, 0.1) is 0 Å². The van der Waals surface area contributed by atoms with Crippen LogP contribution >= 0.6 is 0 Å². The lowest BCUT2D eigenvalue weighted by atomic mass is 10.1. The largest absolute Gasteiger partial charge is 0.366 e. The maximum Gasteiger partial charge on any atom is 0.276 e. The van der Waals surface area contributed by atoms with Gasteiger partial charge < -0.3 is 11.1 Å². The maximum absolute atomic E-state index is 12.3. The summed E-state index contributed by atoms with van der Waals surface area (Å²) in [5.41, 5.74) is 7.12. The van der Waals surface area contributed by atoms with E-state index in [0.717, 1.165) is 10.9 Å². The fraction of sp³-hybridized carbons (Fsp3) is 0. The number of amides is 2. The number of aromatic nitrogens is 2. The summed E-state index contributed by atoms with van der Waals surface area (Å²) in [7, 11) is 0. The van der Waals surface area contributed by atoms with Crippen LogP contribution in [0.2, 0.25) is 0 Å². The third-order valence-corrected chi connectivity index (χ3v) is 3.09. The highest BCUT2D eigenvalue weighted by Gasteiger charge is 2.14. The number of rotatable bonds is 3. The van der Waals surface area contributed by atoms with Crippen molar-refractivity contribution < 1.29 is 9.59 Å². The molecule has 0 aliphatic rings. The van der Waals surface area contributed by atoms with Gasteiger partial charge in [0.2, 0.25) is 5.91 Å². The van der Waals surface area contributed by atoms with Crippen molar-refractivity contribution in [3.05, 3.63) is 59.8 Å². The van der Waals surface area contributed by atoms with E-state index >= 15 is 0 Å². The first-order valence-corrected chi connectivity index (χ1v) is 6.29. The van der Waals surface area contributed by atoms with Gasteiger partial charge in [0, 0.05) is 16.6 Å². The first kappa shape index (κ1) is 12.9. The number of benzene rings is 2. The molecule has 0 spiro atoms. The van der Waals surface area contributed by atoms with E-state index < -0.39 is 5.91 Å². The van der Waals surface area contributed by atoms with Crippen LogP contribution < -0.4 is 11.1 Å². The van der Waals surface area contributed by atoms with Crippen LogP contribution in [-0.2, 0) is 0 Å². The Bertz CT molecular complexity index is 838. The summed E-state index contributed by atoms with van der Waals surface area (Å²) >= 11 is 0. The molecule has 3 aromatic rings. The number of nitrogens with zero attached hydrogens (tertiary/aromatic N) is 1. The number of fused-ring (bicyclic) bond motifs is 1. The van der Waals surface area contributed by atoms with E-state index in [-0.39, 0.29) is 5.91 Å². The Balaban J connectivity index is 1.90. The lowest BCUT2D eigenvalue weighted by Gasteiger charge is -2.04. The monoisotopic (exact) mass is 280 g/mol. The molecular formula is C15H12N4O2. The van der Waals surface area contributed by atoms with Crippen LogP contribution in [-0.4, -0.2) is 22.0 Å². The van der Waals surface area contributed by atoms with Crippen LogP contribution in [0.4, 0.5) is 5.69 Å². The maximum atomic E-state index is 12.3. The number of aromatic amines is 1. The number of primary amides is 1. The zero-order chi connectivity index (χ0) is 14.8. The van der Waals surface area contributed by atoms with Crippen LogP contribution in [0.3, 0.4) is 0 Å². The van der Waals surface area contributed by atoms with E-state index in [2.05, 4.69) is 15.5 Å². The molecule has 0 atom stereocenters. The predicted molar refractivity (Wildman–Crippen MR) is 79.0 cm³/mol. The smallest absolute Gasteiger partial charge is 0.276 e. The number of carbonyl (C=O) groups is 2. The van der Waals surface area contributed by atoms with Crippen LogP contribution in [0.1, 0.15) is 20.8 Å². The molecule has 0 saturated heterocycles. The molecule has 2 amide bonds. The molecule has 21 heavy (non-hydrogen) atoms. The molecule has 3 rings (SSSR count). The summed E-state index contributed by atoms with van der Waals surface area (Å²) in [5.74, 6) is -0.898. The van der Waals surface area contributed by atoms with Crippen LogP contribution in [0.25, 0.3) is 10.9 Å². The zero-order valence-corrected chi connectivity index (χ0v) is 11.0. The summed E-state index contributed by atoms with van der Waals surface area (Å²) in [4.78, 5) is 23.4. The Morgan fingerprint density at radius 3 is 2.71 bits per heavy atom. The van der Waals surface area contributed by atoms with Crippen molar-refractivity contribution in [3.8, 4) is 0 Å². The predicted octanol–water partition coefficient (Wildman–Crippen LogP) is 1.91. The van der Waals surface area contributed by atoms with Gasteiger partial charge in [-0.25, -0.2) is 0 Å². The van der Waals surface area contributed by atoms with Gasteiger partial charge in [0.05, 0.1) is 5.52 Å². The molecule has 1 aromatic heterocycles. The highest BCUT2D eigenvalue weighted by Crippen LogP contribution is 2.17. The van der Waals surface area contributed by atoms with Crippen molar-refractivity contribution in [2.75, 3.05) is 5.32 Å². The quantitative estimate of drug-likeness (QED) is 0.683. The van der Waals surface area contributed by atoms with Gasteiger partial charge in [0.25, 0.3) is 5.91 Å². The van der Waals surface area contributed by atoms with Gasteiger partial charge in [-0.1, -0.05) is 24.3 Å². The van der Waals surface area contributed by atoms with Crippen molar-refractivity contribution >= 4 is 28.4 Å². The highest BCUT2D eigenvalue weighted by molar-refractivity contribution is 6.11. The Morgan fingerprint density at radius 2 is 1.90 bits per heavy atom. The lowest BCUT2D eigenvalue weighted by Crippen LogP contribution is -2.15. The number of nitrogens with one attached hydrogen (secondary N) is 2. The van der Waals surface area contributed by atoms with Crippen LogP contribution in [0.5, 0.6) is 0 Å². The van der Waals surface area contributed by atoms with E-state index in [1.807, 2.05) is 24.3 Å². The SMILES string of the molecule is NC(=O)c1cccc(NC(=O)c2n[nH]c3ccccc23)c1. The zero-order valence-electron chi connectivity index (χ0n) is 11.0. The summed E-state index contributed by atoms with van der Waals surface area (Å²) in [6.45, 7) is 0. The summed E-state index contributed by atoms with van der Waals surface area (Å²) in [5, 5.41) is 10.3. The Morgan fingerprint density at radius 1 is 1.10 bits per heavy atom. The first-order valence-electron chi connectivity index (χ1n) is 6.29. The van der Waals surface area contributed by atoms with Crippen LogP contribution in [0.15, 0.2) is 48.5 Å². The first-order chi connectivity index (χ1) is 10.1. The molecule has 2 aromatic carbocycles. The average Bonchev–Trinajstić information content (AvgIpc) is 2.91. The second-order valence-electron chi connectivity index (χ2n) is 4.52. The molecule has 0 bridgehead atoms. The molecule has 0 aliphatic heterocycles. The Kier molecular flexibility index (Phi) is 3.12. The summed E-state index contributed by atoms with van der Waals surface area (Å²) < 4.78 is 0. The number of hydrogen-bond donors (Lipinski definition) is 3. The van der Waals surface area contributed by atoms with Gasteiger partial charge in [-0.2, -0.15) is 5.10 Å². The van der Waals surface area contributed by atoms with Crippen molar-refractivity contribution in [2.24, 2.45) is 5.73 Å². The number of hydrogen-bond acceptors (Lipinski definition) is 3. The standard InChI is InChI=1S/C15H12N4O2/c16-14(20)9-4-3-5-10(8-9)17-15(21)13-11-6-1-2-7-12(11)18-19-13/h1-8H,(H2,16,20)(H,17,21)(H,18,19). The van der Waals surface area contributed by atoms with Crippen molar-refractivity contribution in [2.45, 2.75) is 0 Å². The van der Waals surface area contributed by atoms with Crippen molar-refractivity contribution in [1.29, 1.82) is 0 Å². The third kappa shape index (κ3) is 2.46. The number of nitrogens with two attached hydrogens (primary N) is 1. The van der Waals surface area contributed by atoms with Gasteiger partial charge in [0.15, 0.2) is 5.69 Å². The molecule has 104 valence electrons. The number of anilines is 1. The molecule has 4 N–H and O–H groups in total. The van der Waals surface area contributed by atoms with Gasteiger partial charge in [-0.15, -0.1) is 0 Å². The molecule has 0 aliphatic carbocycles. The molecule has 1 heterocycles. The van der Waals surface area contributed by atoms with E-state index in [9.17, 15) is 9.59 Å². The third-order valence-electron chi connectivity index (χ3n) is 3.09. The van der Waals surface area contributed by atoms with Gasteiger partial charge >= 0.3 is 0 Å². The number of para-hydroxylation sites is 1. The minimum Gasteiger partial charge on any atom is -0.366 e. The van der Waals surface area contributed by atoms with E-state index in [4.69, 9.17) is 5.73 Å². The van der Waals surface area contributed by atoms with E-state index in [1.54, 1.807) is 18.2 Å². The Hall–Kier alpha value is -3.15. The molecule has 6 nitrogen and oxygen atoms in total. The molecule has 0 unspecified atom stereocenters. The van der Waals surface area contributed by atoms with Crippen molar-refractivity contribution in [3.63, 3.8) is 0 Å². The number of carbonyl (C=O) groups excluding carboxylic acids is 2. The van der Waals surface area contributed by atoms with Gasteiger partial charge in [-0.05, 0) is 24.3 Å². The fourth-order valence-corrected chi connectivity index (χ4v) is 2.08. The molecular weight excluding hydrogens is 268 g/mol. The second kappa shape index (κ2) is 5.09. The van der Waals surface area contributed by atoms with Gasteiger partial charge in [-0.3, -0.25) is 14.7 Å². The van der Waals surface area contributed by atoms with Gasteiger partial charge in [0.1, 0.15) is 0 Å². The average molecular weight is 280 g/mol. The van der Waals surface area contributed by atoms with E-state index in [0.29, 0.717) is 16.9 Å². The molecule has 0 fully saturated rings. The molecule has 0 radical (unpaired) electrons. The Labute approximate surface area is 120 Å². The topological polar surface area (TPSA) is 101 Å². The minimum absolute atomic E-state index is 0.301. The summed E-state index contributed by atoms with van der Waals surface area (Å²) in [6.07, 6.45) is 0. The molecule has 6 heteroatoms. The number of H-pyrrole nitrogens is 1. The summed E-state index contributed by atoms with van der Waals surface area (Å²) in [6, 6.07) is 13.8. The normalized spacial score (nSPS) is 10.5. The fourth-order valence-electron chi connectivity index (χ4n) is 2.08. The second-order valence-corrected chi connectivity index (χ2v) is 4.52. The molecule has 0 saturated carbocycles. The van der Waals surface area contributed by atoms with E-state index in [1.165, 1.54) is 6.07 Å².